The lowest BCUT2D eigenvalue weighted by atomic mass is 10.1. The topological polar surface area (TPSA) is 102 Å². The Bertz CT molecular complexity index is 959. The van der Waals surface area contributed by atoms with Crippen LogP contribution in [0.5, 0.6) is 5.75 Å². The first-order chi connectivity index (χ1) is 14.3. The van der Waals surface area contributed by atoms with Crippen molar-refractivity contribution in [2.45, 2.75) is 36.5 Å². The van der Waals surface area contributed by atoms with E-state index in [2.05, 4.69) is 5.32 Å². The number of anilines is 1. The molecule has 0 radical (unpaired) electrons. The molecule has 0 fully saturated rings. The fourth-order valence-corrected chi connectivity index (χ4v) is 4.54. The molecule has 8 heteroatoms. The second-order valence-corrected chi connectivity index (χ2v) is 8.60. The van der Waals surface area contributed by atoms with E-state index in [1.54, 1.807) is 25.3 Å². The van der Waals surface area contributed by atoms with Crippen molar-refractivity contribution in [2.24, 2.45) is 5.73 Å². The summed E-state index contributed by atoms with van der Waals surface area (Å²) >= 11 is 1.40. The van der Waals surface area contributed by atoms with Crippen molar-refractivity contribution in [3.05, 3.63) is 53.6 Å². The number of nitrogens with two attached hydrogens (primary N) is 1. The molecule has 1 aliphatic rings. The number of benzene rings is 2. The fourth-order valence-electron chi connectivity index (χ4n) is 3.24. The molecule has 2 aromatic rings. The highest BCUT2D eigenvalue weighted by atomic mass is 32.2. The second-order valence-electron chi connectivity index (χ2n) is 7.36. The van der Waals surface area contributed by atoms with Crippen LogP contribution in [0.15, 0.2) is 47.4 Å². The number of carbonyl (C=O) groups excluding carboxylic acids is 3. The van der Waals surface area contributed by atoms with Crippen LogP contribution in [-0.4, -0.2) is 42.7 Å². The van der Waals surface area contributed by atoms with Crippen LogP contribution in [0, 0.1) is 0 Å². The van der Waals surface area contributed by atoms with Gasteiger partial charge >= 0.3 is 0 Å². The zero-order valence-electron chi connectivity index (χ0n) is 17.2. The first-order valence-electron chi connectivity index (χ1n) is 9.62. The van der Waals surface area contributed by atoms with Gasteiger partial charge in [-0.3, -0.25) is 14.4 Å². The minimum atomic E-state index is -0.592. The van der Waals surface area contributed by atoms with Crippen LogP contribution in [0.1, 0.15) is 29.8 Å². The third kappa shape index (κ3) is 4.94. The summed E-state index contributed by atoms with van der Waals surface area (Å²) < 4.78 is 5.18. The van der Waals surface area contributed by atoms with Gasteiger partial charge in [-0.15, -0.1) is 11.8 Å². The summed E-state index contributed by atoms with van der Waals surface area (Å²) in [7, 11) is 1.60. The minimum Gasteiger partial charge on any atom is -0.497 e. The van der Waals surface area contributed by atoms with Gasteiger partial charge in [0.15, 0.2) is 0 Å². The van der Waals surface area contributed by atoms with E-state index >= 15 is 0 Å². The fraction of sp³-hybridized carbons (Fsp3) is 0.318. The molecule has 7 nitrogen and oxygen atoms in total. The Morgan fingerprint density at radius 2 is 1.90 bits per heavy atom. The standard InChI is InChI=1S/C22H25N3O4S/c1-13(2)24-21(27)15-6-9-17-18(11-15)30-19(22(28)25(17)12-20(23)26)10-14-4-7-16(29-3)8-5-14/h4-9,11,13,19H,10,12H2,1-3H3,(H2,23,26)(H,24,27). The van der Waals surface area contributed by atoms with Gasteiger partial charge in [-0.2, -0.15) is 0 Å². The molecular formula is C22H25N3O4S. The summed E-state index contributed by atoms with van der Waals surface area (Å²) in [5.41, 5.74) is 7.46. The molecule has 3 rings (SSSR count). The third-order valence-corrected chi connectivity index (χ3v) is 5.87. The number of fused-ring (bicyclic) bond motifs is 1. The first kappa shape index (κ1) is 21.7. The zero-order chi connectivity index (χ0) is 21.8. The van der Waals surface area contributed by atoms with Crippen molar-refractivity contribution < 1.29 is 19.1 Å². The average molecular weight is 428 g/mol. The van der Waals surface area contributed by atoms with Gasteiger partial charge in [-0.1, -0.05) is 12.1 Å². The number of hydrogen-bond acceptors (Lipinski definition) is 5. The number of primary amides is 1. The van der Waals surface area contributed by atoms with Gasteiger partial charge in [0.2, 0.25) is 11.8 Å². The van der Waals surface area contributed by atoms with Gasteiger partial charge in [0.05, 0.1) is 18.0 Å². The van der Waals surface area contributed by atoms with E-state index in [1.807, 2.05) is 38.1 Å². The molecular weight excluding hydrogens is 402 g/mol. The minimum absolute atomic E-state index is 0.0111. The molecule has 0 aliphatic carbocycles. The molecule has 2 aromatic carbocycles. The molecule has 0 aromatic heterocycles. The molecule has 1 aliphatic heterocycles. The van der Waals surface area contributed by atoms with Gasteiger partial charge in [-0.05, 0) is 56.2 Å². The molecule has 0 spiro atoms. The molecule has 158 valence electrons. The summed E-state index contributed by atoms with van der Waals surface area (Å²) in [5, 5.41) is 2.43. The quantitative estimate of drug-likeness (QED) is 0.706. The highest BCUT2D eigenvalue weighted by molar-refractivity contribution is 8.01. The smallest absolute Gasteiger partial charge is 0.251 e. The predicted molar refractivity (Wildman–Crippen MR) is 117 cm³/mol. The lowest BCUT2D eigenvalue weighted by molar-refractivity contribution is -0.122. The Balaban J connectivity index is 1.91. The van der Waals surface area contributed by atoms with E-state index in [-0.39, 0.29) is 24.4 Å². The van der Waals surface area contributed by atoms with Crippen molar-refractivity contribution in [3.63, 3.8) is 0 Å². The number of nitrogens with one attached hydrogen (secondary N) is 1. The number of thioether (sulfide) groups is 1. The number of hydrogen-bond donors (Lipinski definition) is 2. The molecule has 1 unspecified atom stereocenters. The van der Waals surface area contributed by atoms with E-state index in [0.29, 0.717) is 17.7 Å². The molecule has 30 heavy (non-hydrogen) atoms. The normalized spacial score (nSPS) is 15.7. The third-order valence-electron chi connectivity index (χ3n) is 4.64. The molecule has 1 heterocycles. The van der Waals surface area contributed by atoms with Crippen LogP contribution in [-0.2, 0) is 16.0 Å². The van der Waals surface area contributed by atoms with Crippen molar-refractivity contribution in [2.75, 3.05) is 18.6 Å². The van der Waals surface area contributed by atoms with Gasteiger partial charge in [0.25, 0.3) is 5.91 Å². The Morgan fingerprint density at radius 1 is 1.20 bits per heavy atom. The van der Waals surface area contributed by atoms with Gasteiger partial charge in [0, 0.05) is 16.5 Å². The Morgan fingerprint density at radius 3 is 2.50 bits per heavy atom. The van der Waals surface area contributed by atoms with Gasteiger partial charge in [0.1, 0.15) is 12.3 Å². The van der Waals surface area contributed by atoms with Crippen LogP contribution in [0.4, 0.5) is 5.69 Å². The van der Waals surface area contributed by atoms with E-state index < -0.39 is 11.2 Å². The Kier molecular flexibility index (Phi) is 6.66. The largest absolute Gasteiger partial charge is 0.497 e. The van der Waals surface area contributed by atoms with Crippen LogP contribution >= 0.6 is 11.8 Å². The van der Waals surface area contributed by atoms with E-state index in [0.717, 1.165) is 16.2 Å². The van der Waals surface area contributed by atoms with E-state index in [4.69, 9.17) is 10.5 Å². The van der Waals surface area contributed by atoms with Gasteiger partial charge in [-0.25, -0.2) is 0 Å². The lowest BCUT2D eigenvalue weighted by Gasteiger charge is -2.33. The average Bonchev–Trinajstić information content (AvgIpc) is 2.70. The maximum absolute atomic E-state index is 13.1. The Hall–Kier alpha value is -3.00. The number of carbonyl (C=O) groups is 3. The van der Waals surface area contributed by atoms with Crippen LogP contribution in [0.2, 0.25) is 0 Å². The first-order valence-corrected chi connectivity index (χ1v) is 10.5. The highest BCUT2D eigenvalue weighted by Crippen LogP contribution is 2.41. The van der Waals surface area contributed by atoms with Gasteiger partial charge < -0.3 is 20.7 Å². The van der Waals surface area contributed by atoms with Crippen LogP contribution < -0.4 is 20.7 Å². The zero-order valence-corrected chi connectivity index (χ0v) is 18.0. The summed E-state index contributed by atoms with van der Waals surface area (Å²) in [6, 6.07) is 12.6. The summed E-state index contributed by atoms with van der Waals surface area (Å²) in [6.07, 6.45) is 0.477. The monoisotopic (exact) mass is 427 g/mol. The summed E-state index contributed by atoms with van der Waals surface area (Å²) in [6.45, 7) is 3.58. The second kappa shape index (κ2) is 9.21. The SMILES string of the molecule is COc1ccc(CC2Sc3cc(C(=O)NC(C)C)ccc3N(CC(N)=O)C2=O)cc1. The van der Waals surface area contributed by atoms with Crippen molar-refractivity contribution in [3.8, 4) is 5.75 Å². The van der Waals surface area contributed by atoms with Crippen molar-refractivity contribution in [1.82, 2.24) is 5.32 Å². The molecule has 3 amide bonds. The van der Waals surface area contributed by atoms with Crippen LogP contribution in [0.25, 0.3) is 0 Å². The number of methoxy groups -OCH3 is 1. The predicted octanol–water partition coefficient (Wildman–Crippen LogP) is 2.37. The van der Waals surface area contributed by atoms with Crippen molar-refractivity contribution >= 4 is 35.2 Å². The van der Waals surface area contributed by atoms with Crippen molar-refractivity contribution in [1.29, 1.82) is 0 Å². The molecule has 0 saturated carbocycles. The van der Waals surface area contributed by atoms with Crippen LogP contribution in [0.3, 0.4) is 0 Å². The van der Waals surface area contributed by atoms with E-state index in [9.17, 15) is 14.4 Å². The summed E-state index contributed by atoms with van der Waals surface area (Å²) in [5.74, 6) is -0.214. The maximum atomic E-state index is 13.1. The maximum Gasteiger partial charge on any atom is 0.251 e. The Labute approximate surface area is 180 Å². The lowest BCUT2D eigenvalue weighted by Crippen LogP contribution is -2.46. The number of rotatable bonds is 7. The molecule has 1 atom stereocenters. The molecule has 0 saturated heterocycles. The van der Waals surface area contributed by atoms with E-state index in [1.165, 1.54) is 16.7 Å². The number of ether oxygens (including phenoxy) is 1. The highest BCUT2D eigenvalue weighted by Gasteiger charge is 2.34. The number of amides is 3. The molecule has 3 N–H and O–H groups in total. The molecule has 0 bridgehead atoms. The summed E-state index contributed by atoms with van der Waals surface area (Å²) in [4.78, 5) is 39.3. The number of nitrogens with zero attached hydrogens (tertiary/aromatic N) is 1.